The predicted molar refractivity (Wildman–Crippen MR) is 87.2 cm³/mol. The summed E-state index contributed by atoms with van der Waals surface area (Å²) >= 11 is 6.04. The molecule has 7 heteroatoms. The number of nitrogens with zero attached hydrogens (tertiary/aromatic N) is 2. The van der Waals surface area contributed by atoms with Crippen molar-refractivity contribution >= 4 is 17.4 Å². The van der Waals surface area contributed by atoms with Gasteiger partial charge in [0.15, 0.2) is 11.6 Å². The fraction of sp³-hybridized carbons (Fsp3) is 0.0588. The van der Waals surface area contributed by atoms with E-state index in [1.54, 1.807) is 30.5 Å². The van der Waals surface area contributed by atoms with Gasteiger partial charge in [-0.05, 0) is 30.3 Å². The lowest BCUT2D eigenvalue weighted by molar-refractivity contribution is 0.419. The first-order chi connectivity index (χ1) is 11.6. The first-order valence-electron chi connectivity index (χ1n) is 7.04. The number of hydrogen-bond donors (Lipinski definition) is 1. The van der Waals surface area contributed by atoms with E-state index in [0.29, 0.717) is 22.9 Å². The zero-order chi connectivity index (χ0) is 16.9. The molecule has 0 saturated carbocycles. The van der Waals surface area contributed by atoms with E-state index >= 15 is 0 Å². The number of pyridine rings is 2. The molecule has 0 amide bonds. The quantitative estimate of drug-likeness (QED) is 0.719. The van der Waals surface area contributed by atoms with Crippen LogP contribution in [0.5, 0.6) is 11.6 Å². The molecule has 0 aliphatic rings. The van der Waals surface area contributed by atoms with Gasteiger partial charge >= 0.3 is 0 Å². The zero-order valence-corrected chi connectivity index (χ0v) is 13.1. The van der Waals surface area contributed by atoms with E-state index in [0.717, 1.165) is 12.1 Å². The highest BCUT2D eigenvalue weighted by Crippen LogP contribution is 2.27. The molecule has 0 atom stereocenters. The van der Waals surface area contributed by atoms with Crippen LogP contribution in [0.25, 0.3) is 0 Å². The number of halogens is 3. The van der Waals surface area contributed by atoms with Crippen LogP contribution in [0.15, 0.2) is 54.9 Å². The Hall–Kier alpha value is -2.73. The van der Waals surface area contributed by atoms with Gasteiger partial charge < -0.3 is 10.1 Å². The van der Waals surface area contributed by atoms with Gasteiger partial charge in [-0.1, -0.05) is 17.7 Å². The first kappa shape index (κ1) is 16.1. The molecule has 3 rings (SSSR count). The normalized spacial score (nSPS) is 10.5. The summed E-state index contributed by atoms with van der Waals surface area (Å²) in [5.74, 6) is -0.850. The van der Waals surface area contributed by atoms with Gasteiger partial charge in [0, 0.05) is 30.6 Å². The third-order valence-corrected chi connectivity index (χ3v) is 3.46. The van der Waals surface area contributed by atoms with Crippen molar-refractivity contribution in [2.45, 2.75) is 6.54 Å². The highest BCUT2D eigenvalue weighted by atomic mass is 35.5. The van der Waals surface area contributed by atoms with Gasteiger partial charge in [0.25, 0.3) is 0 Å². The summed E-state index contributed by atoms with van der Waals surface area (Å²) in [4.78, 5) is 8.22. The number of anilines is 1. The monoisotopic (exact) mass is 347 g/mol. The molecule has 24 heavy (non-hydrogen) atoms. The molecule has 3 aromatic rings. The summed E-state index contributed by atoms with van der Waals surface area (Å²) < 4.78 is 32.2. The lowest BCUT2D eigenvalue weighted by Crippen LogP contribution is -2.04. The van der Waals surface area contributed by atoms with Crippen LogP contribution in [0.1, 0.15) is 5.56 Å². The van der Waals surface area contributed by atoms with E-state index in [9.17, 15) is 8.78 Å². The molecule has 0 fully saturated rings. The van der Waals surface area contributed by atoms with E-state index in [4.69, 9.17) is 16.3 Å². The van der Waals surface area contributed by atoms with Crippen LogP contribution in [0.4, 0.5) is 14.6 Å². The molecule has 0 radical (unpaired) electrons. The molecule has 0 bridgehead atoms. The average molecular weight is 348 g/mol. The zero-order valence-electron chi connectivity index (χ0n) is 12.3. The Balaban J connectivity index is 1.79. The second-order valence-corrected chi connectivity index (χ2v) is 5.24. The van der Waals surface area contributed by atoms with Gasteiger partial charge in [0.1, 0.15) is 11.6 Å². The number of benzene rings is 1. The van der Waals surface area contributed by atoms with Gasteiger partial charge in [-0.2, -0.15) is 0 Å². The minimum Gasteiger partial charge on any atom is -0.436 e. The van der Waals surface area contributed by atoms with E-state index < -0.39 is 11.6 Å². The smallest absolute Gasteiger partial charge is 0.224 e. The average Bonchev–Trinajstić information content (AvgIpc) is 2.58. The summed E-state index contributed by atoms with van der Waals surface area (Å²) in [6.07, 6.45) is 3.14. The molecule has 0 saturated heterocycles. The van der Waals surface area contributed by atoms with Crippen molar-refractivity contribution in [2.75, 3.05) is 5.32 Å². The summed E-state index contributed by atoms with van der Waals surface area (Å²) in [5.41, 5.74) is 0.669. The van der Waals surface area contributed by atoms with E-state index in [1.807, 2.05) is 0 Å². The molecule has 2 aromatic heterocycles. The van der Waals surface area contributed by atoms with Crippen LogP contribution in [-0.2, 0) is 6.54 Å². The predicted octanol–water partition coefficient (Wildman–Crippen LogP) is 4.81. The molecule has 122 valence electrons. The summed E-state index contributed by atoms with van der Waals surface area (Å²) in [7, 11) is 0. The Morgan fingerprint density at radius 3 is 2.62 bits per heavy atom. The van der Waals surface area contributed by atoms with Crippen molar-refractivity contribution in [3.05, 3.63) is 77.1 Å². The maximum absolute atomic E-state index is 13.7. The number of hydrogen-bond acceptors (Lipinski definition) is 4. The Morgan fingerprint density at radius 2 is 1.83 bits per heavy atom. The van der Waals surface area contributed by atoms with Crippen molar-refractivity contribution in [3.8, 4) is 11.6 Å². The highest BCUT2D eigenvalue weighted by molar-refractivity contribution is 6.32. The van der Waals surface area contributed by atoms with Crippen LogP contribution in [-0.4, -0.2) is 9.97 Å². The second-order valence-electron chi connectivity index (χ2n) is 4.83. The molecular weight excluding hydrogens is 336 g/mol. The lowest BCUT2D eigenvalue weighted by Gasteiger charge is -2.12. The van der Waals surface area contributed by atoms with Gasteiger partial charge in [-0.15, -0.1) is 0 Å². The largest absolute Gasteiger partial charge is 0.436 e. The SMILES string of the molecule is Fc1ccc(Oc2ncccc2CNc2ncccc2Cl)c(F)c1. The molecule has 0 aliphatic heterocycles. The van der Waals surface area contributed by atoms with Crippen molar-refractivity contribution in [3.63, 3.8) is 0 Å². The van der Waals surface area contributed by atoms with E-state index in [2.05, 4.69) is 15.3 Å². The first-order valence-corrected chi connectivity index (χ1v) is 7.42. The fourth-order valence-electron chi connectivity index (χ4n) is 2.01. The third kappa shape index (κ3) is 3.78. The van der Waals surface area contributed by atoms with Crippen LogP contribution >= 0.6 is 11.6 Å². The van der Waals surface area contributed by atoms with E-state index in [1.165, 1.54) is 12.3 Å². The lowest BCUT2D eigenvalue weighted by atomic mass is 10.2. The van der Waals surface area contributed by atoms with Crippen LogP contribution in [0.2, 0.25) is 5.02 Å². The van der Waals surface area contributed by atoms with Crippen molar-refractivity contribution in [1.29, 1.82) is 0 Å². The second kappa shape index (κ2) is 7.23. The molecule has 0 aliphatic carbocycles. The summed E-state index contributed by atoms with van der Waals surface area (Å²) in [5, 5.41) is 3.54. The van der Waals surface area contributed by atoms with Crippen LogP contribution in [0, 0.1) is 11.6 Å². The van der Waals surface area contributed by atoms with E-state index in [-0.39, 0.29) is 11.6 Å². The molecular formula is C17H12ClF2N3O. The number of rotatable bonds is 5. The number of aromatic nitrogens is 2. The Morgan fingerprint density at radius 1 is 1.04 bits per heavy atom. The minimum absolute atomic E-state index is 0.104. The van der Waals surface area contributed by atoms with Gasteiger partial charge in [0.2, 0.25) is 5.88 Å². The highest BCUT2D eigenvalue weighted by Gasteiger charge is 2.11. The minimum atomic E-state index is -0.799. The van der Waals surface area contributed by atoms with Crippen LogP contribution in [0.3, 0.4) is 0 Å². The van der Waals surface area contributed by atoms with Gasteiger partial charge in [0.05, 0.1) is 5.02 Å². The van der Waals surface area contributed by atoms with Crippen molar-refractivity contribution in [1.82, 2.24) is 9.97 Å². The Kier molecular flexibility index (Phi) is 4.86. The summed E-state index contributed by atoms with van der Waals surface area (Å²) in [6, 6.07) is 10.0. The van der Waals surface area contributed by atoms with Crippen LogP contribution < -0.4 is 10.1 Å². The Bertz CT molecular complexity index is 861. The summed E-state index contributed by atoms with van der Waals surface area (Å²) in [6.45, 7) is 0.322. The van der Waals surface area contributed by atoms with Gasteiger partial charge in [-0.3, -0.25) is 0 Å². The topological polar surface area (TPSA) is 47.0 Å². The molecule has 1 aromatic carbocycles. The third-order valence-electron chi connectivity index (χ3n) is 3.16. The molecule has 2 heterocycles. The molecule has 0 unspecified atom stereocenters. The van der Waals surface area contributed by atoms with Crippen molar-refractivity contribution in [2.24, 2.45) is 0 Å². The maximum atomic E-state index is 13.7. The molecule has 4 nitrogen and oxygen atoms in total. The number of nitrogens with one attached hydrogen (secondary N) is 1. The Labute approximate surface area is 142 Å². The van der Waals surface area contributed by atoms with Crippen molar-refractivity contribution < 1.29 is 13.5 Å². The van der Waals surface area contributed by atoms with Gasteiger partial charge in [-0.25, -0.2) is 18.7 Å². The standard InChI is InChI=1S/C17H12ClF2N3O/c18-13-4-2-7-21-16(13)23-10-11-3-1-8-22-17(11)24-15-6-5-12(19)9-14(15)20/h1-9H,10H2,(H,21,23). The number of ether oxygens (including phenoxy) is 1. The maximum Gasteiger partial charge on any atom is 0.224 e. The molecule has 1 N–H and O–H groups in total. The fourth-order valence-corrected chi connectivity index (χ4v) is 2.20. The molecule has 0 spiro atoms.